The number of carbonyl (C=O) groups excluding carboxylic acids is 1. The molecule has 1 aromatic carbocycles. The number of nitrogens with two attached hydrogens (primary N) is 1. The molecule has 2 bridgehead atoms. The van der Waals surface area contributed by atoms with E-state index in [0.717, 1.165) is 6.42 Å². The molecule has 3 N–H and O–H groups in total. The minimum Gasteiger partial charge on any atom is -0.480 e. The molecule has 27 heavy (non-hydrogen) atoms. The number of rotatable bonds is 5. The fourth-order valence-electron chi connectivity index (χ4n) is 5.45. The summed E-state index contributed by atoms with van der Waals surface area (Å²) in [7, 11) is -3.82. The quantitative estimate of drug-likeness (QED) is 0.782. The highest BCUT2D eigenvalue weighted by molar-refractivity contribution is 7.89. The third-order valence-corrected chi connectivity index (χ3v) is 8.71. The van der Waals surface area contributed by atoms with Crippen molar-refractivity contribution < 1.29 is 23.1 Å². The highest BCUT2D eigenvalue weighted by atomic mass is 32.2. The number of ketones is 1. The Morgan fingerprint density at radius 2 is 1.85 bits per heavy atom. The second-order valence-electron chi connectivity index (χ2n) is 8.12. The van der Waals surface area contributed by atoms with Crippen LogP contribution in [0.3, 0.4) is 0 Å². The lowest BCUT2D eigenvalue weighted by Gasteiger charge is -2.42. The minimum absolute atomic E-state index is 0.121. The van der Waals surface area contributed by atoms with Gasteiger partial charge in [-0.1, -0.05) is 18.2 Å². The van der Waals surface area contributed by atoms with Gasteiger partial charge in [0.05, 0.1) is 16.4 Å². The molecule has 4 rings (SSSR count). The van der Waals surface area contributed by atoms with Crippen molar-refractivity contribution in [3.8, 4) is 0 Å². The topological polar surface area (TPSA) is 118 Å². The summed E-state index contributed by atoms with van der Waals surface area (Å²) in [4.78, 5) is 25.7. The number of fused-ring (bicyclic) bond motifs is 2. The number of carbonyl (C=O) groups is 2. The Morgan fingerprint density at radius 1 is 1.15 bits per heavy atom. The van der Waals surface area contributed by atoms with Gasteiger partial charge in [-0.25, -0.2) is 8.42 Å². The summed E-state index contributed by atoms with van der Waals surface area (Å²) in [5.74, 6) is -1.34. The number of benzene rings is 1. The zero-order valence-corrected chi connectivity index (χ0v) is 15.8. The largest absolute Gasteiger partial charge is 0.480 e. The highest BCUT2D eigenvalue weighted by Crippen LogP contribution is 2.60. The van der Waals surface area contributed by atoms with E-state index in [1.165, 1.54) is 16.4 Å². The first-order valence-electron chi connectivity index (χ1n) is 9.36. The van der Waals surface area contributed by atoms with Crippen LogP contribution in [0.15, 0.2) is 35.2 Å². The zero-order valence-electron chi connectivity index (χ0n) is 15.0. The van der Waals surface area contributed by atoms with Crippen LogP contribution >= 0.6 is 0 Å². The standard InChI is InChI=1S/C19H24N2O5S/c20-19(17(23)24)12-13-8-9-18(19,11-13)16(22)15-7-4-10-21(15)27(25,26)14-5-2-1-3-6-14/h1-3,5-6,13,15H,4,7-12,20H2,(H,23,24)/t13?,15-,18?,19?/m0/s1. The van der Waals surface area contributed by atoms with Gasteiger partial charge in [0.25, 0.3) is 0 Å². The van der Waals surface area contributed by atoms with E-state index in [9.17, 15) is 23.1 Å². The molecule has 2 aliphatic carbocycles. The molecule has 3 aliphatic rings. The van der Waals surface area contributed by atoms with E-state index in [0.29, 0.717) is 25.7 Å². The van der Waals surface area contributed by atoms with Crippen LogP contribution in [-0.4, -0.2) is 47.7 Å². The molecular weight excluding hydrogens is 368 g/mol. The van der Waals surface area contributed by atoms with Crippen LogP contribution in [-0.2, 0) is 19.6 Å². The Morgan fingerprint density at radius 3 is 2.48 bits per heavy atom. The minimum atomic E-state index is -3.82. The van der Waals surface area contributed by atoms with E-state index in [1.807, 2.05) is 0 Å². The van der Waals surface area contributed by atoms with Crippen molar-refractivity contribution in [3.63, 3.8) is 0 Å². The number of Topliss-reactive ketones (excluding diaryl/α,β-unsaturated/α-hetero) is 1. The molecule has 146 valence electrons. The fourth-order valence-corrected chi connectivity index (χ4v) is 7.13. The van der Waals surface area contributed by atoms with E-state index in [1.54, 1.807) is 18.2 Å². The van der Waals surface area contributed by atoms with E-state index in [-0.39, 0.29) is 29.6 Å². The first-order valence-corrected chi connectivity index (χ1v) is 10.8. The molecule has 2 saturated carbocycles. The normalized spacial score (nSPS) is 36.2. The average molecular weight is 392 g/mol. The number of sulfonamides is 1. The SMILES string of the molecule is NC1(C(=O)O)CC2CCC1(C(=O)[C@@H]1CCCN1S(=O)(=O)c1ccccc1)C2. The molecule has 4 atom stereocenters. The lowest BCUT2D eigenvalue weighted by atomic mass is 9.65. The van der Waals surface area contributed by atoms with Gasteiger partial charge in [-0.2, -0.15) is 4.31 Å². The summed E-state index contributed by atoms with van der Waals surface area (Å²) in [6, 6.07) is 7.21. The molecule has 1 aromatic rings. The number of nitrogens with zero attached hydrogens (tertiary/aromatic N) is 1. The number of carboxylic acids is 1. The lowest BCUT2D eigenvalue weighted by Crippen LogP contribution is -2.64. The molecule has 8 heteroatoms. The van der Waals surface area contributed by atoms with Gasteiger partial charge in [0.15, 0.2) is 5.78 Å². The number of aliphatic carboxylic acids is 1. The summed E-state index contributed by atoms with van der Waals surface area (Å²) in [6.07, 6.45) is 2.92. The molecule has 3 unspecified atom stereocenters. The molecule has 0 amide bonds. The summed E-state index contributed by atoms with van der Waals surface area (Å²) < 4.78 is 27.4. The third kappa shape index (κ3) is 2.50. The van der Waals surface area contributed by atoms with Crippen LogP contribution < -0.4 is 5.73 Å². The van der Waals surface area contributed by atoms with Gasteiger partial charge in [0.1, 0.15) is 5.54 Å². The van der Waals surface area contributed by atoms with Gasteiger partial charge in [-0.3, -0.25) is 9.59 Å². The molecule has 3 fully saturated rings. The second kappa shape index (κ2) is 6.12. The van der Waals surface area contributed by atoms with E-state index < -0.39 is 33.0 Å². The van der Waals surface area contributed by atoms with Crippen LogP contribution in [0.1, 0.15) is 38.5 Å². The maximum atomic E-state index is 13.6. The van der Waals surface area contributed by atoms with Gasteiger partial charge in [0.2, 0.25) is 10.0 Å². The molecule has 1 aliphatic heterocycles. The van der Waals surface area contributed by atoms with E-state index >= 15 is 0 Å². The first kappa shape index (κ1) is 18.6. The average Bonchev–Trinajstić information content (AvgIpc) is 3.36. The Balaban J connectivity index is 1.70. The van der Waals surface area contributed by atoms with Crippen LogP contribution in [0, 0.1) is 11.3 Å². The summed E-state index contributed by atoms with van der Waals surface area (Å²) in [6.45, 7) is 0.262. The Hall–Kier alpha value is -1.77. The van der Waals surface area contributed by atoms with Crippen LogP contribution in [0.4, 0.5) is 0 Å². The van der Waals surface area contributed by atoms with Crippen molar-refractivity contribution in [3.05, 3.63) is 30.3 Å². The Kier molecular flexibility index (Phi) is 4.21. The van der Waals surface area contributed by atoms with Crippen LogP contribution in [0.2, 0.25) is 0 Å². The molecule has 0 aromatic heterocycles. The fraction of sp³-hybridized carbons (Fsp3) is 0.579. The predicted octanol–water partition coefficient (Wildman–Crippen LogP) is 1.38. The number of carboxylic acid groups (broad SMARTS) is 1. The second-order valence-corrected chi connectivity index (χ2v) is 10.0. The van der Waals surface area contributed by atoms with Gasteiger partial charge in [-0.15, -0.1) is 0 Å². The van der Waals surface area contributed by atoms with Crippen molar-refractivity contribution in [1.82, 2.24) is 4.31 Å². The van der Waals surface area contributed by atoms with Crippen molar-refractivity contribution in [2.45, 2.75) is 55.0 Å². The lowest BCUT2D eigenvalue weighted by molar-refractivity contribution is -0.154. The maximum Gasteiger partial charge on any atom is 0.324 e. The first-order chi connectivity index (χ1) is 12.7. The number of hydrogen-bond donors (Lipinski definition) is 2. The summed E-state index contributed by atoms with van der Waals surface area (Å²) in [5, 5.41) is 9.75. The van der Waals surface area contributed by atoms with Gasteiger partial charge >= 0.3 is 5.97 Å². The monoisotopic (exact) mass is 392 g/mol. The Bertz CT molecular complexity index is 887. The van der Waals surface area contributed by atoms with Crippen molar-refractivity contribution in [2.75, 3.05) is 6.54 Å². The van der Waals surface area contributed by atoms with Gasteiger partial charge in [0, 0.05) is 6.54 Å². The maximum absolute atomic E-state index is 13.6. The van der Waals surface area contributed by atoms with Gasteiger partial charge < -0.3 is 10.8 Å². The summed E-state index contributed by atoms with van der Waals surface area (Å²) in [5.41, 5.74) is 3.50. The number of hydrogen-bond acceptors (Lipinski definition) is 5. The van der Waals surface area contributed by atoms with Crippen molar-refractivity contribution >= 4 is 21.8 Å². The highest BCUT2D eigenvalue weighted by Gasteiger charge is 2.68. The zero-order chi connectivity index (χ0) is 19.4. The third-order valence-electron chi connectivity index (χ3n) is 6.79. The van der Waals surface area contributed by atoms with E-state index in [2.05, 4.69) is 0 Å². The van der Waals surface area contributed by atoms with Crippen molar-refractivity contribution in [2.24, 2.45) is 17.1 Å². The smallest absolute Gasteiger partial charge is 0.324 e. The molecule has 7 nitrogen and oxygen atoms in total. The van der Waals surface area contributed by atoms with E-state index in [4.69, 9.17) is 5.73 Å². The summed E-state index contributed by atoms with van der Waals surface area (Å²) >= 11 is 0. The van der Waals surface area contributed by atoms with Crippen LogP contribution in [0.5, 0.6) is 0 Å². The molecular formula is C19H24N2O5S. The van der Waals surface area contributed by atoms with Crippen LogP contribution in [0.25, 0.3) is 0 Å². The Labute approximate surface area is 158 Å². The van der Waals surface area contributed by atoms with Gasteiger partial charge in [-0.05, 0) is 56.6 Å². The molecule has 0 spiro atoms. The molecule has 0 radical (unpaired) electrons. The predicted molar refractivity (Wildman–Crippen MR) is 97.3 cm³/mol. The van der Waals surface area contributed by atoms with Crippen molar-refractivity contribution in [1.29, 1.82) is 0 Å². The molecule has 1 saturated heterocycles. The molecule has 1 heterocycles.